The molecule has 0 N–H and O–H groups in total. The van der Waals surface area contributed by atoms with Crippen molar-refractivity contribution < 1.29 is 4.79 Å². The normalized spacial score (nSPS) is 16.1. The van der Waals surface area contributed by atoms with Crippen molar-refractivity contribution in [3.63, 3.8) is 0 Å². The van der Waals surface area contributed by atoms with Crippen molar-refractivity contribution >= 4 is 17.2 Å². The number of carbonyl (C=O) groups is 1. The van der Waals surface area contributed by atoms with Crippen molar-refractivity contribution in [2.24, 2.45) is 5.92 Å². The van der Waals surface area contributed by atoms with Gasteiger partial charge in [0.15, 0.2) is 0 Å². The fourth-order valence-electron chi connectivity index (χ4n) is 2.94. The average Bonchev–Trinajstić information content (AvgIpc) is 2.94. The Morgan fingerprint density at radius 1 is 1.29 bits per heavy atom. The van der Waals surface area contributed by atoms with Gasteiger partial charge in [0.05, 0.1) is 11.2 Å². The molecule has 2 aromatic rings. The van der Waals surface area contributed by atoms with Gasteiger partial charge in [-0.2, -0.15) is 0 Å². The number of hydrogen-bond donors (Lipinski definition) is 0. The molecule has 21 heavy (non-hydrogen) atoms. The predicted octanol–water partition coefficient (Wildman–Crippen LogP) is 3.55. The Labute approximate surface area is 129 Å². The molecule has 1 aromatic carbocycles. The van der Waals surface area contributed by atoms with Crippen LogP contribution in [0.5, 0.6) is 0 Å². The molecule has 3 nitrogen and oxygen atoms in total. The SMILES string of the molecule is Cc1ncsc1C(=O)N1CCC(Cc2ccccc2)CC1. The lowest BCUT2D eigenvalue weighted by molar-refractivity contribution is 0.0694. The van der Waals surface area contributed by atoms with Gasteiger partial charge in [0.25, 0.3) is 5.91 Å². The van der Waals surface area contributed by atoms with Crippen LogP contribution in [-0.4, -0.2) is 28.9 Å². The van der Waals surface area contributed by atoms with E-state index in [4.69, 9.17) is 0 Å². The molecule has 1 amide bonds. The Kier molecular flexibility index (Phi) is 4.34. The smallest absolute Gasteiger partial charge is 0.265 e. The summed E-state index contributed by atoms with van der Waals surface area (Å²) in [7, 11) is 0. The number of aryl methyl sites for hydroxylation is 1. The van der Waals surface area contributed by atoms with Gasteiger partial charge in [-0.25, -0.2) is 4.98 Å². The van der Waals surface area contributed by atoms with Gasteiger partial charge in [-0.05, 0) is 37.7 Å². The number of nitrogens with zero attached hydrogens (tertiary/aromatic N) is 2. The molecule has 0 saturated carbocycles. The molecule has 0 bridgehead atoms. The lowest BCUT2D eigenvalue weighted by atomic mass is 9.90. The molecule has 0 spiro atoms. The number of rotatable bonds is 3. The van der Waals surface area contributed by atoms with Crippen LogP contribution in [0.15, 0.2) is 35.8 Å². The number of likely N-dealkylation sites (tertiary alicyclic amines) is 1. The maximum absolute atomic E-state index is 12.4. The fraction of sp³-hybridized carbons (Fsp3) is 0.412. The summed E-state index contributed by atoms with van der Waals surface area (Å²) in [5.74, 6) is 0.854. The van der Waals surface area contributed by atoms with E-state index in [1.807, 2.05) is 11.8 Å². The standard InChI is InChI=1S/C17H20N2OS/c1-13-16(21-12-18-13)17(20)19-9-7-15(8-10-19)11-14-5-3-2-4-6-14/h2-6,12,15H,7-11H2,1H3. The van der Waals surface area contributed by atoms with Gasteiger partial charge in [-0.15, -0.1) is 11.3 Å². The van der Waals surface area contributed by atoms with E-state index in [0.29, 0.717) is 5.92 Å². The Hall–Kier alpha value is -1.68. The van der Waals surface area contributed by atoms with E-state index in [2.05, 4.69) is 35.3 Å². The second kappa shape index (κ2) is 6.39. The van der Waals surface area contributed by atoms with Crippen LogP contribution in [-0.2, 0) is 6.42 Å². The van der Waals surface area contributed by atoms with Crippen molar-refractivity contribution in [1.29, 1.82) is 0 Å². The molecular formula is C17H20N2OS. The lowest BCUT2D eigenvalue weighted by Gasteiger charge is -2.32. The highest BCUT2D eigenvalue weighted by atomic mass is 32.1. The summed E-state index contributed by atoms with van der Waals surface area (Å²) in [6.07, 6.45) is 3.32. The molecule has 1 aromatic heterocycles. The molecule has 1 saturated heterocycles. The first-order valence-electron chi connectivity index (χ1n) is 7.47. The van der Waals surface area contributed by atoms with E-state index in [0.717, 1.165) is 42.9 Å². The molecule has 1 aliphatic heterocycles. The van der Waals surface area contributed by atoms with E-state index in [1.165, 1.54) is 16.9 Å². The van der Waals surface area contributed by atoms with Gasteiger partial charge >= 0.3 is 0 Å². The van der Waals surface area contributed by atoms with Gasteiger partial charge in [-0.1, -0.05) is 30.3 Å². The minimum Gasteiger partial charge on any atom is -0.338 e. The molecule has 2 heterocycles. The van der Waals surface area contributed by atoms with Crippen LogP contribution in [0.25, 0.3) is 0 Å². The van der Waals surface area contributed by atoms with E-state index in [1.54, 1.807) is 5.51 Å². The van der Waals surface area contributed by atoms with Crippen molar-refractivity contribution in [1.82, 2.24) is 9.88 Å². The van der Waals surface area contributed by atoms with E-state index >= 15 is 0 Å². The Bertz CT molecular complexity index is 600. The van der Waals surface area contributed by atoms with Gasteiger partial charge < -0.3 is 4.90 Å². The van der Waals surface area contributed by atoms with Crippen molar-refractivity contribution in [2.45, 2.75) is 26.2 Å². The number of carbonyl (C=O) groups excluding carboxylic acids is 1. The molecule has 3 rings (SSSR count). The molecule has 110 valence electrons. The number of amides is 1. The fourth-order valence-corrected chi connectivity index (χ4v) is 3.71. The van der Waals surface area contributed by atoms with Crippen LogP contribution in [0.2, 0.25) is 0 Å². The average molecular weight is 300 g/mol. The summed E-state index contributed by atoms with van der Waals surface area (Å²) in [5.41, 5.74) is 4.02. The number of thiazole rings is 1. The monoisotopic (exact) mass is 300 g/mol. The van der Waals surface area contributed by atoms with Gasteiger partial charge in [0.2, 0.25) is 0 Å². The van der Waals surface area contributed by atoms with Crippen LogP contribution in [0.4, 0.5) is 0 Å². The van der Waals surface area contributed by atoms with E-state index in [9.17, 15) is 4.79 Å². The maximum Gasteiger partial charge on any atom is 0.265 e. The highest BCUT2D eigenvalue weighted by Crippen LogP contribution is 2.24. The summed E-state index contributed by atoms with van der Waals surface area (Å²) >= 11 is 1.45. The third-order valence-corrected chi connectivity index (χ3v) is 5.13. The van der Waals surface area contributed by atoms with Crippen LogP contribution < -0.4 is 0 Å². The lowest BCUT2D eigenvalue weighted by Crippen LogP contribution is -2.38. The van der Waals surface area contributed by atoms with Crippen LogP contribution in [0, 0.1) is 12.8 Å². The van der Waals surface area contributed by atoms with Gasteiger partial charge in [0.1, 0.15) is 4.88 Å². The second-order valence-electron chi connectivity index (χ2n) is 5.69. The van der Waals surface area contributed by atoms with Crippen LogP contribution in [0.1, 0.15) is 33.8 Å². The topological polar surface area (TPSA) is 33.2 Å². The molecular weight excluding hydrogens is 280 g/mol. The minimum absolute atomic E-state index is 0.160. The number of benzene rings is 1. The molecule has 0 aliphatic carbocycles. The first kappa shape index (κ1) is 14.3. The number of piperidine rings is 1. The summed E-state index contributed by atoms with van der Waals surface area (Å²) < 4.78 is 0. The Balaban J connectivity index is 1.56. The summed E-state index contributed by atoms with van der Waals surface area (Å²) in [4.78, 5) is 19.4. The summed E-state index contributed by atoms with van der Waals surface area (Å²) in [5, 5.41) is 0. The van der Waals surface area contributed by atoms with Crippen LogP contribution in [0.3, 0.4) is 0 Å². The molecule has 0 atom stereocenters. The third-order valence-electron chi connectivity index (χ3n) is 4.21. The third kappa shape index (κ3) is 3.32. The summed E-state index contributed by atoms with van der Waals surface area (Å²) in [6, 6.07) is 10.6. The molecule has 1 aliphatic rings. The van der Waals surface area contributed by atoms with E-state index in [-0.39, 0.29) is 5.91 Å². The molecule has 4 heteroatoms. The molecule has 1 fully saturated rings. The van der Waals surface area contributed by atoms with E-state index < -0.39 is 0 Å². The Morgan fingerprint density at radius 3 is 2.62 bits per heavy atom. The zero-order valence-electron chi connectivity index (χ0n) is 12.3. The zero-order chi connectivity index (χ0) is 14.7. The largest absolute Gasteiger partial charge is 0.338 e. The number of aromatic nitrogens is 1. The van der Waals surface area contributed by atoms with Gasteiger partial charge in [0, 0.05) is 13.1 Å². The van der Waals surface area contributed by atoms with Gasteiger partial charge in [-0.3, -0.25) is 4.79 Å². The Morgan fingerprint density at radius 2 is 2.00 bits per heavy atom. The highest BCUT2D eigenvalue weighted by molar-refractivity contribution is 7.11. The predicted molar refractivity (Wildman–Crippen MR) is 85.6 cm³/mol. The molecule has 0 unspecified atom stereocenters. The van der Waals surface area contributed by atoms with Crippen molar-refractivity contribution in [3.05, 3.63) is 52.0 Å². The second-order valence-corrected chi connectivity index (χ2v) is 6.55. The van der Waals surface area contributed by atoms with Crippen LogP contribution >= 0.6 is 11.3 Å². The first-order valence-corrected chi connectivity index (χ1v) is 8.35. The zero-order valence-corrected chi connectivity index (χ0v) is 13.1. The molecule has 0 radical (unpaired) electrons. The van der Waals surface area contributed by atoms with Crippen molar-refractivity contribution in [2.75, 3.05) is 13.1 Å². The van der Waals surface area contributed by atoms with Crippen molar-refractivity contribution in [3.8, 4) is 0 Å². The first-order chi connectivity index (χ1) is 10.2. The summed E-state index contributed by atoms with van der Waals surface area (Å²) in [6.45, 7) is 3.65. The quantitative estimate of drug-likeness (QED) is 0.868. The minimum atomic E-state index is 0.160. The highest BCUT2D eigenvalue weighted by Gasteiger charge is 2.25. The number of hydrogen-bond acceptors (Lipinski definition) is 3. The maximum atomic E-state index is 12.4.